The number of amides is 1. The highest BCUT2D eigenvalue weighted by Gasteiger charge is 2.07. The molecule has 116 valence electrons. The molecule has 22 heavy (non-hydrogen) atoms. The molecule has 0 saturated carbocycles. The summed E-state index contributed by atoms with van der Waals surface area (Å²) in [6.07, 6.45) is 0. The number of carbonyl (C=O) groups excluding carboxylic acids is 1. The Morgan fingerprint density at radius 1 is 1.18 bits per heavy atom. The molecule has 0 heterocycles. The lowest BCUT2D eigenvalue weighted by Crippen LogP contribution is -2.14. The largest absolute Gasteiger partial charge is 0.494 e. The lowest BCUT2D eigenvalue weighted by Gasteiger charge is -2.08. The van der Waals surface area contributed by atoms with Crippen molar-refractivity contribution in [2.24, 2.45) is 0 Å². The summed E-state index contributed by atoms with van der Waals surface area (Å²) in [4.78, 5) is 12.9. The SMILES string of the molecule is CCOc1ccc(SCC(=O)Nc2ccc(Cl)cc2Cl)cc1. The topological polar surface area (TPSA) is 38.3 Å². The van der Waals surface area contributed by atoms with Gasteiger partial charge in [0.2, 0.25) is 5.91 Å². The van der Waals surface area contributed by atoms with Crippen LogP contribution in [0.25, 0.3) is 0 Å². The monoisotopic (exact) mass is 355 g/mol. The molecule has 0 spiro atoms. The second-order valence-corrected chi connectivity index (χ2v) is 6.26. The van der Waals surface area contributed by atoms with Gasteiger partial charge in [-0.05, 0) is 49.4 Å². The third-order valence-electron chi connectivity index (χ3n) is 2.71. The molecule has 0 atom stereocenters. The van der Waals surface area contributed by atoms with Crippen LogP contribution >= 0.6 is 35.0 Å². The molecule has 0 unspecified atom stereocenters. The van der Waals surface area contributed by atoms with E-state index in [0.29, 0.717) is 28.1 Å². The van der Waals surface area contributed by atoms with Crippen LogP contribution in [-0.2, 0) is 4.79 Å². The average Bonchev–Trinajstić information content (AvgIpc) is 2.50. The summed E-state index contributed by atoms with van der Waals surface area (Å²) in [5, 5.41) is 3.72. The Bertz CT molecular complexity index is 647. The first kappa shape index (κ1) is 17.0. The number of hydrogen-bond acceptors (Lipinski definition) is 3. The molecule has 6 heteroatoms. The molecule has 1 N–H and O–H groups in total. The van der Waals surface area contributed by atoms with Gasteiger partial charge >= 0.3 is 0 Å². The van der Waals surface area contributed by atoms with Crippen LogP contribution in [0, 0.1) is 0 Å². The van der Waals surface area contributed by atoms with Crippen LogP contribution < -0.4 is 10.1 Å². The van der Waals surface area contributed by atoms with Crippen molar-refractivity contribution in [1.82, 2.24) is 0 Å². The summed E-state index contributed by atoms with van der Waals surface area (Å²) in [7, 11) is 0. The molecule has 0 aliphatic heterocycles. The van der Waals surface area contributed by atoms with Crippen molar-refractivity contribution in [3.8, 4) is 5.75 Å². The Labute approximate surface area is 144 Å². The summed E-state index contributed by atoms with van der Waals surface area (Å²) < 4.78 is 5.37. The Morgan fingerprint density at radius 3 is 2.55 bits per heavy atom. The highest BCUT2D eigenvalue weighted by molar-refractivity contribution is 8.00. The van der Waals surface area contributed by atoms with E-state index in [0.717, 1.165) is 10.6 Å². The predicted octanol–water partition coefficient (Wildman–Crippen LogP) is 5.12. The zero-order valence-electron chi connectivity index (χ0n) is 11.9. The standard InChI is InChI=1S/C16H15Cl2NO2S/c1-2-21-12-4-6-13(7-5-12)22-10-16(20)19-15-8-3-11(17)9-14(15)18/h3-9H,2,10H2,1H3,(H,19,20). The van der Waals surface area contributed by atoms with Gasteiger partial charge in [0, 0.05) is 9.92 Å². The molecule has 0 bridgehead atoms. The number of carbonyl (C=O) groups is 1. The molecule has 3 nitrogen and oxygen atoms in total. The second kappa shape index (κ2) is 8.32. The van der Waals surface area contributed by atoms with Gasteiger partial charge in [-0.25, -0.2) is 0 Å². The molecule has 2 rings (SSSR count). The molecular weight excluding hydrogens is 341 g/mol. The second-order valence-electron chi connectivity index (χ2n) is 4.37. The number of thioether (sulfide) groups is 1. The number of benzene rings is 2. The molecule has 0 fully saturated rings. The summed E-state index contributed by atoms with van der Waals surface area (Å²) in [6, 6.07) is 12.6. The van der Waals surface area contributed by atoms with Crippen molar-refractivity contribution >= 4 is 46.6 Å². The lowest BCUT2D eigenvalue weighted by molar-refractivity contribution is -0.113. The number of rotatable bonds is 6. The quantitative estimate of drug-likeness (QED) is 0.730. The molecule has 0 aliphatic rings. The van der Waals surface area contributed by atoms with E-state index in [1.54, 1.807) is 18.2 Å². The fraction of sp³-hybridized carbons (Fsp3) is 0.188. The lowest BCUT2D eigenvalue weighted by atomic mass is 10.3. The third-order valence-corrected chi connectivity index (χ3v) is 4.27. The van der Waals surface area contributed by atoms with Gasteiger partial charge < -0.3 is 10.1 Å². The minimum atomic E-state index is -0.122. The number of hydrogen-bond donors (Lipinski definition) is 1. The van der Waals surface area contributed by atoms with Gasteiger partial charge in [0.1, 0.15) is 5.75 Å². The van der Waals surface area contributed by atoms with Crippen LogP contribution in [0.15, 0.2) is 47.4 Å². The van der Waals surface area contributed by atoms with E-state index in [1.807, 2.05) is 31.2 Å². The fourth-order valence-corrected chi connectivity index (χ4v) is 2.88. The van der Waals surface area contributed by atoms with Gasteiger partial charge in [-0.1, -0.05) is 23.2 Å². The van der Waals surface area contributed by atoms with Crippen LogP contribution in [0.5, 0.6) is 5.75 Å². The third kappa shape index (κ3) is 5.13. The number of anilines is 1. The van der Waals surface area contributed by atoms with Gasteiger partial charge in [0.15, 0.2) is 0 Å². The maximum Gasteiger partial charge on any atom is 0.234 e. The first-order chi connectivity index (χ1) is 10.6. The Balaban J connectivity index is 1.87. The van der Waals surface area contributed by atoms with Crippen LogP contribution in [0.4, 0.5) is 5.69 Å². The zero-order valence-corrected chi connectivity index (χ0v) is 14.3. The van der Waals surface area contributed by atoms with Crippen LogP contribution in [0.1, 0.15) is 6.92 Å². The summed E-state index contributed by atoms with van der Waals surface area (Å²) >= 11 is 13.3. The molecule has 0 aromatic heterocycles. The minimum absolute atomic E-state index is 0.122. The summed E-state index contributed by atoms with van der Waals surface area (Å²) in [5.74, 6) is 1.000. The minimum Gasteiger partial charge on any atom is -0.494 e. The summed E-state index contributed by atoms with van der Waals surface area (Å²) in [6.45, 7) is 2.58. The highest BCUT2D eigenvalue weighted by atomic mass is 35.5. The van der Waals surface area contributed by atoms with Crippen molar-refractivity contribution in [1.29, 1.82) is 0 Å². The van der Waals surface area contributed by atoms with Gasteiger partial charge in [-0.2, -0.15) is 0 Å². The molecule has 0 radical (unpaired) electrons. The van der Waals surface area contributed by atoms with Gasteiger partial charge in [-0.3, -0.25) is 4.79 Å². The van der Waals surface area contributed by atoms with E-state index in [1.165, 1.54) is 11.8 Å². The molecular formula is C16H15Cl2NO2S. The first-order valence-corrected chi connectivity index (χ1v) is 8.43. The highest BCUT2D eigenvalue weighted by Crippen LogP contribution is 2.26. The van der Waals surface area contributed by atoms with E-state index >= 15 is 0 Å². The normalized spacial score (nSPS) is 10.3. The van der Waals surface area contributed by atoms with Gasteiger partial charge in [0.05, 0.1) is 23.1 Å². The van der Waals surface area contributed by atoms with Gasteiger partial charge in [0.25, 0.3) is 0 Å². The summed E-state index contributed by atoms with van der Waals surface area (Å²) in [5.41, 5.74) is 0.559. The fourth-order valence-electron chi connectivity index (χ4n) is 1.72. The number of halogens is 2. The zero-order chi connectivity index (χ0) is 15.9. The van der Waals surface area contributed by atoms with E-state index in [9.17, 15) is 4.79 Å². The maximum atomic E-state index is 11.9. The van der Waals surface area contributed by atoms with E-state index in [4.69, 9.17) is 27.9 Å². The number of ether oxygens (including phenoxy) is 1. The van der Waals surface area contributed by atoms with Crippen molar-refractivity contribution in [3.63, 3.8) is 0 Å². The van der Waals surface area contributed by atoms with Crippen molar-refractivity contribution in [2.45, 2.75) is 11.8 Å². The van der Waals surface area contributed by atoms with E-state index in [2.05, 4.69) is 5.32 Å². The van der Waals surface area contributed by atoms with Crippen LogP contribution in [0.3, 0.4) is 0 Å². The van der Waals surface area contributed by atoms with Crippen molar-refractivity contribution in [2.75, 3.05) is 17.7 Å². The molecule has 2 aromatic rings. The Kier molecular flexibility index (Phi) is 6.43. The predicted molar refractivity (Wildman–Crippen MR) is 93.4 cm³/mol. The van der Waals surface area contributed by atoms with Crippen LogP contribution in [0.2, 0.25) is 10.0 Å². The maximum absolute atomic E-state index is 11.9. The van der Waals surface area contributed by atoms with Crippen molar-refractivity contribution in [3.05, 3.63) is 52.5 Å². The van der Waals surface area contributed by atoms with E-state index in [-0.39, 0.29) is 5.91 Å². The molecule has 1 amide bonds. The Hall–Kier alpha value is -1.36. The Morgan fingerprint density at radius 2 is 1.91 bits per heavy atom. The smallest absolute Gasteiger partial charge is 0.234 e. The molecule has 0 aliphatic carbocycles. The molecule has 2 aromatic carbocycles. The van der Waals surface area contributed by atoms with Gasteiger partial charge in [-0.15, -0.1) is 11.8 Å². The molecule has 0 saturated heterocycles. The average molecular weight is 356 g/mol. The number of nitrogens with one attached hydrogen (secondary N) is 1. The van der Waals surface area contributed by atoms with Crippen LogP contribution in [-0.4, -0.2) is 18.3 Å². The van der Waals surface area contributed by atoms with Crippen molar-refractivity contribution < 1.29 is 9.53 Å². The van der Waals surface area contributed by atoms with E-state index < -0.39 is 0 Å². The first-order valence-electron chi connectivity index (χ1n) is 6.69.